The van der Waals surface area contributed by atoms with Crippen molar-refractivity contribution in [3.05, 3.63) is 48.2 Å². The standard InChI is InChI=1S/C13H14O3/c1-2-4-10(5-3-1)8-14-9-12-13-11(16-13)6-7-15-12/h1-7,11-13H,8-9H2/t11-,12+,13-/m0/s1. The largest absolute Gasteiger partial charge is 0.493 e. The minimum atomic E-state index is 0.0544. The van der Waals surface area contributed by atoms with E-state index in [-0.39, 0.29) is 18.3 Å². The number of benzene rings is 1. The predicted octanol–water partition coefficient (Wildman–Crippen LogP) is 1.88. The van der Waals surface area contributed by atoms with Gasteiger partial charge in [0.2, 0.25) is 0 Å². The maximum atomic E-state index is 5.62. The topological polar surface area (TPSA) is 31.0 Å². The van der Waals surface area contributed by atoms with Crippen LogP contribution in [0.4, 0.5) is 0 Å². The molecule has 1 aromatic rings. The van der Waals surface area contributed by atoms with Gasteiger partial charge in [-0.15, -0.1) is 0 Å². The SMILES string of the molecule is C1=C[C@@H]2O[C@@H]2[C@@H](COCc2ccccc2)O1. The fourth-order valence-corrected chi connectivity index (χ4v) is 1.89. The number of ether oxygens (including phenoxy) is 3. The summed E-state index contributed by atoms with van der Waals surface area (Å²) in [5.41, 5.74) is 1.18. The van der Waals surface area contributed by atoms with E-state index >= 15 is 0 Å². The molecule has 0 amide bonds. The molecule has 2 aliphatic rings. The van der Waals surface area contributed by atoms with Gasteiger partial charge in [0, 0.05) is 0 Å². The molecule has 1 fully saturated rings. The second kappa shape index (κ2) is 4.28. The van der Waals surface area contributed by atoms with Crippen LogP contribution in [0.15, 0.2) is 42.7 Å². The molecule has 3 heteroatoms. The normalized spacial score (nSPS) is 30.6. The molecule has 0 N–H and O–H groups in total. The Hall–Kier alpha value is -1.32. The van der Waals surface area contributed by atoms with E-state index in [4.69, 9.17) is 14.2 Å². The molecule has 1 saturated heterocycles. The van der Waals surface area contributed by atoms with Crippen LogP contribution in [0.2, 0.25) is 0 Å². The van der Waals surface area contributed by atoms with Crippen molar-refractivity contribution in [2.45, 2.75) is 24.9 Å². The molecule has 3 atom stereocenters. The van der Waals surface area contributed by atoms with Gasteiger partial charge in [-0.25, -0.2) is 0 Å². The van der Waals surface area contributed by atoms with Gasteiger partial charge in [0.05, 0.1) is 19.5 Å². The minimum Gasteiger partial charge on any atom is -0.493 e. The fraction of sp³-hybridized carbons (Fsp3) is 0.385. The van der Waals surface area contributed by atoms with Crippen molar-refractivity contribution in [1.82, 2.24) is 0 Å². The summed E-state index contributed by atoms with van der Waals surface area (Å²) in [7, 11) is 0. The Labute approximate surface area is 94.6 Å². The van der Waals surface area contributed by atoms with Crippen LogP contribution in [0.5, 0.6) is 0 Å². The highest BCUT2D eigenvalue weighted by Crippen LogP contribution is 2.32. The van der Waals surface area contributed by atoms with Gasteiger partial charge in [-0.2, -0.15) is 0 Å². The van der Waals surface area contributed by atoms with Crippen molar-refractivity contribution in [3.63, 3.8) is 0 Å². The van der Waals surface area contributed by atoms with E-state index in [9.17, 15) is 0 Å². The molecule has 0 aliphatic carbocycles. The maximum absolute atomic E-state index is 5.62. The van der Waals surface area contributed by atoms with Gasteiger partial charge >= 0.3 is 0 Å². The van der Waals surface area contributed by atoms with Gasteiger partial charge in [-0.1, -0.05) is 30.3 Å². The zero-order valence-electron chi connectivity index (χ0n) is 8.91. The number of fused-ring (bicyclic) bond motifs is 1. The summed E-state index contributed by atoms with van der Waals surface area (Å²) in [6.07, 6.45) is 4.18. The molecule has 0 unspecified atom stereocenters. The number of hydrogen-bond donors (Lipinski definition) is 0. The third-order valence-electron chi connectivity index (χ3n) is 2.84. The van der Waals surface area contributed by atoms with Gasteiger partial charge in [-0.3, -0.25) is 0 Å². The van der Waals surface area contributed by atoms with E-state index in [1.54, 1.807) is 6.26 Å². The van der Waals surface area contributed by atoms with Gasteiger partial charge in [0.25, 0.3) is 0 Å². The molecule has 1 aromatic carbocycles. The first-order chi connectivity index (χ1) is 7.93. The zero-order valence-corrected chi connectivity index (χ0v) is 8.91. The second-order valence-electron chi connectivity index (χ2n) is 4.07. The summed E-state index contributed by atoms with van der Waals surface area (Å²) in [5, 5.41) is 0. The Morgan fingerprint density at radius 3 is 2.94 bits per heavy atom. The monoisotopic (exact) mass is 218 g/mol. The molecule has 0 saturated carbocycles. The Balaban J connectivity index is 1.45. The third kappa shape index (κ3) is 2.10. The van der Waals surface area contributed by atoms with Crippen molar-refractivity contribution in [2.75, 3.05) is 6.61 Å². The van der Waals surface area contributed by atoms with Crippen LogP contribution in [-0.2, 0) is 20.8 Å². The summed E-state index contributed by atoms with van der Waals surface area (Å²) < 4.78 is 16.5. The average molecular weight is 218 g/mol. The van der Waals surface area contributed by atoms with Crippen molar-refractivity contribution < 1.29 is 14.2 Å². The quantitative estimate of drug-likeness (QED) is 0.723. The fourth-order valence-electron chi connectivity index (χ4n) is 1.89. The highest BCUT2D eigenvalue weighted by molar-refractivity contribution is 5.13. The van der Waals surface area contributed by atoms with Crippen molar-refractivity contribution in [2.24, 2.45) is 0 Å². The molecular formula is C13H14O3. The lowest BCUT2D eigenvalue weighted by molar-refractivity contribution is 0.00516. The van der Waals surface area contributed by atoms with E-state index < -0.39 is 0 Å². The van der Waals surface area contributed by atoms with Crippen LogP contribution < -0.4 is 0 Å². The van der Waals surface area contributed by atoms with Crippen molar-refractivity contribution >= 4 is 0 Å². The van der Waals surface area contributed by atoms with Crippen LogP contribution in [-0.4, -0.2) is 24.9 Å². The first-order valence-electron chi connectivity index (χ1n) is 5.53. The van der Waals surface area contributed by atoms with Gasteiger partial charge in [-0.05, 0) is 11.6 Å². The molecule has 3 nitrogen and oxygen atoms in total. The van der Waals surface area contributed by atoms with Crippen molar-refractivity contribution in [1.29, 1.82) is 0 Å². The van der Waals surface area contributed by atoms with Gasteiger partial charge in [0.1, 0.15) is 18.3 Å². The first kappa shape index (κ1) is 9.87. The van der Waals surface area contributed by atoms with Gasteiger partial charge in [0.15, 0.2) is 0 Å². The molecule has 0 radical (unpaired) electrons. The molecular weight excluding hydrogens is 204 g/mol. The van der Waals surface area contributed by atoms with E-state index in [0.29, 0.717) is 13.2 Å². The first-order valence-corrected chi connectivity index (χ1v) is 5.53. The molecule has 84 valence electrons. The average Bonchev–Trinajstić information content (AvgIpc) is 3.10. The minimum absolute atomic E-state index is 0.0544. The Kier molecular flexibility index (Phi) is 2.64. The summed E-state index contributed by atoms with van der Waals surface area (Å²) in [5.74, 6) is 0. The summed E-state index contributed by atoms with van der Waals surface area (Å²) >= 11 is 0. The Morgan fingerprint density at radius 2 is 2.06 bits per heavy atom. The summed E-state index contributed by atoms with van der Waals surface area (Å²) in [4.78, 5) is 0. The number of epoxide rings is 1. The lowest BCUT2D eigenvalue weighted by Crippen LogP contribution is -2.27. The smallest absolute Gasteiger partial charge is 0.150 e. The summed E-state index contributed by atoms with van der Waals surface area (Å²) in [6.45, 7) is 1.21. The van der Waals surface area contributed by atoms with Crippen LogP contribution in [0.25, 0.3) is 0 Å². The predicted molar refractivity (Wildman–Crippen MR) is 58.8 cm³/mol. The van der Waals surface area contributed by atoms with E-state index in [1.165, 1.54) is 5.56 Å². The van der Waals surface area contributed by atoms with Crippen LogP contribution in [0, 0.1) is 0 Å². The molecule has 2 aliphatic heterocycles. The van der Waals surface area contributed by atoms with E-state index in [1.807, 2.05) is 24.3 Å². The third-order valence-corrected chi connectivity index (χ3v) is 2.84. The van der Waals surface area contributed by atoms with Crippen LogP contribution in [0.1, 0.15) is 5.56 Å². The van der Waals surface area contributed by atoms with Crippen LogP contribution >= 0.6 is 0 Å². The molecule has 0 spiro atoms. The number of rotatable bonds is 4. The van der Waals surface area contributed by atoms with Gasteiger partial charge < -0.3 is 14.2 Å². The molecule has 0 bridgehead atoms. The van der Waals surface area contributed by atoms with Crippen LogP contribution in [0.3, 0.4) is 0 Å². The second-order valence-corrected chi connectivity index (χ2v) is 4.07. The molecule has 16 heavy (non-hydrogen) atoms. The highest BCUT2D eigenvalue weighted by atomic mass is 16.6. The molecule has 0 aromatic heterocycles. The van der Waals surface area contributed by atoms with E-state index in [0.717, 1.165) is 0 Å². The summed E-state index contributed by atoms with van der Waals surface area (Å²) in [6, 6.07) is 10.1. The zero-order chi connectivity index (χ0) is 10.8. The van der Waals surface area contributed by atoms with Crippen molar-refractivity contribution in [3.8, 4) is 0 Å². The van der Waals surface area contributed by atoms with E-state index in [2.05, 4.69) is 12.1 Å². The highest BCUT2D eigenvalue weighted by Gasteiger charge is 2.46. The number of hydrogen-bond acceptors (Lipinski definition) is 3. The molecule has 3 rings (SSSR count). The maximum Gasteiger partial charge on any atom is 0.150 e. The lowest BCUT2D eigenvalue weighted by Gasteiger charge is -2.16. The lowest BCUT2D eigenvalue weighted by atomic mass is 10.2. The Morgan fingerprint density at radius 1 is 1.19 bits per heavy atom. The molecule has 2 heterocycles. The Bertz CT molecular complexity index is 374.